The molecule has 1 N–H and O–H groups in total. The van der Waals surface area contributed by atoms with Gasteiger partial charge in [-0.2, -0.15) is 0 Å². The van der Waals surface area contributed by atoms with Crippen LogP contribution in [0.1, 0.15) is 35.3 Å². The fourth-order valence-electron chi connectivity index (χ4n) is 4.70. The van der Waals surface area contributed by atoms with Gasteiger partial charge in [0, 0.05) is 11.6 Å². The molecule has 186 valence electrons. The Labute approximate surface area is 203 Å². The lowest BCUT2D eigenvalue weighted by Gasteiger charge is -2.23. The number of hydrogen-bond donors (Lipinski definition) is 1. The summed E-state index contributed by atoms with van der Waals surface area (Å²) in [6.07, 6.45) is 1.61. The minimum absolute atomic E-state index is 0.265. The minimum atomic E-state index is -3.45. The summed E-state index contributed by atoms with van der Waals surface area (Å²) in [4.78, 5) is 39.9. The zero-order valence-corrected chi connectivity index (χ0v) is 20.9. The molecule has 2 aliphatic rings. The predicted octanol–water partition coefficient (Wildman–Crippen LogP) is 2.06. The number of carbonyl (C=O) groups excluding carboxylic acids is 3. The van der Waals surface area contributed by atoms with E-state index in [4.69, 9.17) is 9.47 Å². The molecule has 0 unspecified atom stereocenters. The van der Waals surface area contributed by atoms with E-state index >= 15 is 0 Å². The van der Waals surface area contributed by atoms with Crippen LogP contribution in [0.15, 0.2) is 36.4 Å². The number of amides is 3. The van der Waals surface area contributed by atoms with Crippen molar-refractivity contribution < 1.29 is 32.3 Å². The number of fused-ring (bicyclic) bond motifs is 1. The van der Waals surface area contributed by atoms with Crippen LogP contribution in [0.3, 0.4) is 0 Å². The van der Waals surface area contributed by atoms with E-state index in [2.05, 4.69) is 5.32 Å². The highest BCUT2D eigenvalue weighted by Gasteiger charge is 2.49. The first-order chi connectivity index (χ1) is 16.4. The maximum Gasteiger partial charge on any atom is 0.325 e. The van der Waals surface area contributed by atoms with Crippen molar-refractivity contribution in [3.05, 3.63) is 53.1 Å². The number of nitrogens with zero attached hydrogens (tertiary/aromatic N) is 2. The Kier molecular flexibility index (Phi) is 6.00. The number of sulfonamides is 1. The van der Waals surface area contributed by atoms with Crippen molar-refractivity contribution in [3.8, 4) is 11.5 Å². The monoisotopic (exact) mass is 501 g/mol. The standard InChI is InChI=1S/C24H27N3O7S/c1-14-10-16-11-15(6-8-18(16)27(14)35(5,31)32)19(28)13-26-22(29)24(2,25-23(26)30)17-7-9-20(33-3)21(12-17)34-4/h6-9,11-12,14H,10,13H2,1-5H3,(H,25,30)/t14-,24-/m1/s1. The molecule has 2 atom stereocenters. The molecular weight excluding hydrogens is 474 g/mol. The quantitative estimate of drug-likeness (QED) is 0.455. The number of nitrogens with one attached hydrogen (secondary N) is 1. The fourth-order valence-corrected chi connectivity index (χ4v) is 5.96. The molecule has 0 bridgehead atoms. The molecule has 3 amide bonds. The summed E-state index contributed by atoms with van der Waals surface area (Å²) in [6.45, 7) is 2.91. The van der Waals surface area contributed by atoms with E-state index in [1.165, 1.54) is 24.6 Å². The zero-order chi connectivity index (χ0) is 25.7. The third kappa shape index (κ3) is 4.09. The Bertz CT molecular complexity index is 1340. The molecule has 1 fully saturated rings. The van der Waals surface area contributed by atoms with Crippen molar-refractivity contribution in [2.75, 3.05) is 31.3 Å². The zero-order valence-electron chi connectivity index (χ0n) is 20.1. The minimum Gasteiger partial charge on any atom is -0.493 e. The van der Waals surface area contributed by atoms with E-state index in [1.54, 1.807) is 44.2 Å². The summed E-state index contributed by atoms with van der Waals surface area (Å²) in [5.74, 6) is -0.123. The summed E-state index contributed by atoms with van der Waals surface area (Å²) < 4.78 is 36.2. The number of rotatable bonds is 7. The Morgan fingerprint density at radius 3 is 2.43 bits per heavy atom. The van der Waals surface area contributed by atoms with Gasteiger partial charge in [-0.05, 0) is 61.7 Å². The highest BCUT2D eigenvalue weighted by molar-refractivity contribution is 7.92. The van der Waals surface area contributed by atoms with Gasteiger partial charge in [-0.3, -0.25) is 18.8 Å². The molecule has 0 saturated carbocycles. The highest BCUT2D eigenvalue weighted by Crippen LogP contribution is 2.37. The Balaban J connectivity index is 1.57. The molecule has 1 saturated heterocycles. The van der Waals surface area contributed by atoms with Crippen LogP contribution in [0.5, 0.6) is 11.5 Å². The van der Waals surface area contributed by atoms with Gasteiger partial charge in [0.1, 0.15) is 5.54 Å². The Hall–Kier alpha value is -3.60. The van der Waals surface area contributed by atoms with E-state index in [0.717, 1.165) is 16.7 Å². The number of hydrogen-bond acceptors (Lipinski definition) is 7. The smallest absolute Gasteiger partial charge is 0.325 e. The summed E-state index contributed by atoms with van der Waals surface area (Å²) in [5, 5.41) is 2.68. The summed E-state index contributed by atoms with van der Waals surface area (Å²) in [5.41, 5.74) is 0.649. The fraction of sp³-hybridized carbons (Fsp3) is 0.375. The second kappa shape index (κ2) is 8.56. The van der Waals surface area contributed by atoms with E-state index in [0.29, 0.717) is 34.7 Å². The number of Topliss-reactive ketones (excluding diaryl/α,β-unsaturated/α-hetero) is 1. The van der Waals surface area contributed by atoms with Crippen LogP contribution in [-0.2, 0) is 26.8 Å². The number of imide groups is 1. The first kappa shape index (κ1) is 24.5. The number of methoxy groups -OCH3 is 2. The van der Waals surface area contributed by atoms with E-state index in [1.807, 2.05) is 0 Å². The van der Waals surface area contributed by atoms with Gasteiger partial charge in [-0.25, -0.2) is 13.2 Å². The molecule has 35 heavy (non-hydrogen) atoms. The van der Waals surface area contributed by atoms with Gasteiger partial charge in [0.15, 0.2) is 17.3 Å². The molecule has 0 spiro atoms. The number of ether oxygens (including phenoxy) is 2. The SMILES string of the molecule is COc1ccc([C@@]2(C)NC(=O)N(CC(=O)c3ccc4c(c3)C[C@@H](C)N4S(C)(=O)=O)C2=O)cc1OC. The van der Waals surface area contributed by atoms with Gasteiger partial charge in [0.2, 0.25) is 10.0 Å². The third-order valence-electron chi connectivity index (χ3n) is 6.45. The first-order valence-corrected chi connectivity index (χ1v) is 12.8. The number of ketones is 1. The van der Waals surface area contributed by atoms with Gasteiger partial charge < -0.3 is 14.8 Å². The van der Waals surface area contributed by atoms with Crippen LogP contribution in [0, 0.1) is 0 Å². The average Bonchev–Trinajstić information content (AvgIpc) is 3.26. The van der Waals surface area contributed by atoms with E-state index < -0.39 is 39.8 Å². The van der Waals surface area contributed by atoms with Crippen LogP contribution in [0.25, 0.3) is 0 Å². The Morgan fingerprint density at radius 2 is 1.80 bits per heavy atom. The molecule has 2 aliphatic heterocycles. The first-order valence-electron chi connectivity index (χ1n) is 10.9. The Morgan fingerprint density at radius 1 is 1.11 bits per heavy atom. The van der Waals surface area contributed by atoms with Crippen molar-refractivity contribution in [3.63, 3.8) is 0 Å². The van der Waals surface area contributed by atoms with Crippen molar-refractivity contribution in [1.29, 1.82) is 0 Å². The molecule has 0 aromatic heterocycles. The van der Waals surface area contributed by atoms with Crippen molar-refractivity contribution >= 4 is 33.4 Å². The van der Waals surface area contributed by atoms with Crippen LogP contribution < -0.4 is 19.1 Å². The molecule has 2 heterocycles. The lowest BCUT2D eigenvalue weighted by molar-refractivity contribution is -0.130. The summed E-state index contributed by atoms with van der Waals surface area (Å²) in [7, 11) is -0.492. The predicted molar refractivity (Wildman–Crippen MR) is 128 cm³/mol. The normalized spacial score (nSPS) is 21.7. The van der Waals surface area contributed by atoms with Crippen LogP contribution in [0.2, 0.25) is 0 Å². The number of carbonyl (C=O) groups is 3. The number of anilines is 1. The van der Waals surface area contributed by atoms with Gasteiger partial charge >= 0.3 is 6.03 Å². The number of urea groups is 1. The summed E-state index contributed by atoms with van der Waals surface area (Å²) >= 11 is 0. The lowest BCUT2D eigenvalue weighted by atomic mass is 9.91. The van der Waals surface area contributed by atoms with Crippen LogP contribution >= 0.6 is 0 Å². The van der Waals surface area contributed by atoms with Crippen molar-refractivity contribution in [2.45, 2.75) is 31.8 Å². The maximum atomic E-state index is 13.3. The average molecular weight is 502 g/mol. The van der Waals surface area contributed by atoms with Gasteiger partial charge in [0.05, 0.1) is 32.7 Å². The van der Waals surface area contributed by atoms with Gasteiger partial charge in [-0.15, -0.1) is 0 Å². The second-order valence-corrected chi connectivity index (χ2v) is 10.8. The maximum absolute atomic E-state index is 13.3. The largest absolute Gasteiger partial charge is 0.493 e. The second-order valence-electron chi connectivity index (χ2n) is 8.89. The van der Waals surface area contributed by atoms with E-state index in [9.17, 15) is 22.8 Å². The van der Waals surface area contributed by atoms with Gasteiger partial charge in [0.25, 0.3) is 5.91 Å². The topological polar surface area (TPSA) is 122 Å². The van der Waals surface area contributed by atoms with Crippen molar-refractivity contribution in [2.24, 2.45) is 0 Å². The van der Waals surface area contributed by atoms with Gasteiger partial charge in [-0.1, -0.05) is 6.07 Å². The lowest BCUT2D eigenvalue weighted by Crippen LogP contribution is -2.41. The van der Waals surface area contributed by atoms with E-state index in [-0.39, 0.29) is 6.04 Å². The molecule has 0 aliphatic carbocycles. The van der Waals surface area contributed by atoms with Crippen LogP contribution in [-0.4, -0.2) is 64.1 Å². The molecule has 0 radical (unpaired) electrons. The third-order valence-corrected chi connectivity index (χ3v) is 7.72. The molecule has 2 aromatic carbocycles. The molecule has 4 rings (SSSR count). The molecular formula is C24H27N3O7S. The number of benzene rings is 2. The summed E-state index contributed by atoms with van der Waals surface area (Å²) in [6, 6.07) is 8.69. The van der Waals surface area contributed by atoms with Crippen LogP contribution in [0.4, 0.5) is 10.5 Å². The molecule has 2 aromatic rings. The molecule has 10 nitrogen and oxygen atoms in total. The molecule has 11 heteroatoms. The highest BCUT2D eigenvalue weighted by atomic mass is 32.2. The van der Waals surface area contributed by atoms with Crippen molar-refractivity contribution in [1.82, 2.24) is 10.2 Å².